The van der Waals surface area contributed by atoms with Crippen molar-refractivity contribution in [1.82, 2.24) is 9.97 Å². The van der Waals surface area contributed by atoms with E-state index in [0.29, 0.717) is 5.15 Å². The standard InChI is InChI=1S/C10H14ClN3S/c1-15-10-12-8(11)7-9(13-10)14-5-3-2-4-6-14/h7H,2-6H2,1H3. The van der Waals surface area contributed by atoms with Gasteiger partial charge >= 0.3 is 0 Å². The average molecular weight is 244 g/mol. The fourth-order valence-electron chi connectivity index (χ4n) is 1.76. The summed E-state index contributed by atoms with van der Waals surface area (Å²) in [6, 6.07) is 1.85. The minimum absolute atomic E-state index is 0.537. The Kier molecular flexibility index (Phi) is 3.70. The first-order chi connectivity index (χ1) is 7.29. The van der Waals surface area contributed by atoms with Crippen LogP contribution in [0.3, 0.4) is 0 Å². The molecule has 5 heteroatoms. The van der Waals surface area contributed by atoms with E-state index in [4.69, 9.17) is 11.6 Å². The van der Waals surface area contributed by atoms with Gasteiger partial charge in [-0.3, -0.25) is 0 Å². The lowest BCUT2D eigenvalue weighted by Crippen LogP contribution is -2.30. The number of aromatic nitrogens is 2. The van der Waals surface area contributed by atoms with Gasteiger partial charge in [-0.1, -0.05) is 23.4 Å². The molecule has 0 radical (unpaired) electrons. The van der Waals surface area contributed by atoms with Gasteiger partial charge in [0.25, 0.3) is 0 Å². The van der Waals surface area contributed by atoms with E-state index in [-0.39, 0.29) is 0 Å². The second-order valence-electron chi connectivity index (χ2n) is 3.58. The van der Waals surface area contributed by atoms with Crippen LogP contribution in [0.1, 0.15) is 19.3 Å². The van der Waals surface area contributed by atoms with Crippen LogP contribution in [0.25, 0.3) is 0 Å². The van der Waals surface area contributed by atoms with E-state index in [0.717, 1.165) is 24.1 Å². The highest BCUT2D eigenvalue weighted by Gasteiger charge is 2.13. The minimum atomic E-state index is 0.537. The molecule has 3 nitrogen and oxygen atoms in total. The van der Waals surface area contributed by atoms with Crippen molar-refractivity contribution >= 4 is 29.2 Å². The number of hydrogen-bond donors (Lipinski definition) is 0. The molecule has 0 amide bonds. The molecule has 0 unspecified atom stereocenters. The van der Waals surface area contributed by atoms with Crippen molar-refractivity contribution in [2.24, 2.45) is 0 Å². The molecule has 1 saturated heterocycles. The molecule has 1 aliphatic rings. The zero-order valence-corrected chi connectivity index (χ0v) is 10.3. The Labute approximate surface area is 99.2 Å². The van der Waals surface area contributed by atoms with Crippen molar-refractivity contribution < 1.29 is 0 Å². The van der Waals surface area contributed by atoms with Crippen LogP contribution in [-0.2, 0) is 0 Å². The van der Waals surface area contributed by atoms with Crippen molar-refractivity contribution in [3.63, 3.8) is 0 Å². The minimum Gasteiger partial charge on any atom is -0.356 e. The highest BCUT2D eigenvalue weighted by atomic mass is 35.5. The van der Waals surface area contributed by atoms with E-state index in [1.165, 1.54) is 31.0 Å². The van der Waals surface area contributed by atoms with Gasteiger partial charge in [0.2, 0.25) is 0 Å². The van der Waals surface area contributed by atoms with Gasteiger partial charge in [-0.05, 0) is 25.5 Å². The molecular weight excluding hydrogens is 230 g/mol. The first-order valence-corrected chi connectivity index (χ1v) is 6.73. The monoisotopic (exact) mass is 243 g/mol. The maximum atomic E-state index is 5.96. The number of hydrogen-bond acceptors (Lipinski definition) is 4. The Morgan fingerprint density at radius 3 is 2.67 bits per heavy atom. The molecule has 1 aromatic heterocycles. The third kappa shape index (κ3) is 2.75. The summed E-state index contributed by atoms with van der Waals surface area (Å²) in [5.41, 5.74) is 0. The second-order valence-corrected chi connectivity index (χ2v) is 4.74. The summed E-state index contributed by atoms with van der Waals surface area (Å²) in [5.74, 6) is 0.971. The lowest BCUT2D eigenvalue weighted by atomic mass is 10.1. The first-order valence-electron chi connectivity index (χ1n) is 5.13. The summed E-state index contributed by atoms with van der Waals surface area (Å²) >= 11 is 7.48. The zero-order chi connectivity index (χ0) is 10.7. The third-order valence-corrected chi connectivity index (χ3v) is 3.26. The fourth-order valence-corrected chi connectivity index (χ4v) is 2.36. The van der Waals surface area contributed by atoms with Gasteiger partial charge in [-0.25, -0.2) is 9.97 Å². The summed E-state index contributed by atoms with van der Waals surface area (Å²) in [6.07, 6.45) is 5.78. The number of piperidine rings is 1. The highest BCUT2D eigenvalue weighted by Crippen LogP contribution is 2.22. The summed E-state index contributed by atoms with van der Waals surface area (Å²) in [5, 5.41) is 1.29. The van der Waals surface area contributed by atoms with Crippen LogP contribution in [0.2, 0.25) is 5.15 Å². The normalized spacial score (nSPS) is 16.8. The van der Waals surface area contributed by atoms with E-state index in [1.807, 2.05) is 12.3 Å². The Morgan fingerprint density at radius 2 is 2.00 bits per heavy atom. The largest absolute Gasteiger partial charge is 0.356 e. The van der Waals surface area contributed by atoms with E-state index in [2.05, 4.69) is 14.9 Å². The second kappa shape index (κ2) is 5.03. The van der Waals surface area contributed by atoms with Gasteiger partial charge in [0, 0.05) is 19.2 Å². The molecule has 1 fully saturated rings. The quantitative estimate of drug-likeness (QED) is 0.454. The van der Waals surface area contributed by atoms with Gasteiger partial charge in [-0.2, -0.15) is 0 Å². The van der Waals surface area contributed by atoms with E-state index < -0.39 is 0 Å². The Hall–Kier alpha value is -0.480. The van der Waals surface area contributed by atoms with Crippen LogP contribution in [-0.4, -0.2) is 29.3 Å². The molecule has 82 valence electrons. The van der Waals surface area contributed by atoms with E-state index in [1.54, 1.807) is 0 Å². The van der Waals surface area contributed by atoms with Crippen LogP contribution in [0, 0.1) is 0 Å². The molecule has 1 aromatic rings. The molecule has 0 atom stereocenters. The van der Waals surface area contributed by atoms with Gasteiger partial charge in [-0.15, -0.1) is 0 Å². The molecule has 15 heavy (non-hydrogen) atoms. The van der Waals surface area contributed by atoms with Gasteiger partial charge in [0.05, 0.1) is 0 Å². The van der Waals surface area contributed by atoms with Crippen molar-refractivity contribution in [3.05, 3.63) is 11.2 Å². The van der Waals surface area contributed by atoms with Gasteiger partial charge in [0.1, 0.15) is 11.0 Å². The fraction of sp³-hybridized carbons (Fsp3) is 0.600. The molecular formula is C10H14ClN3S. The summed E-state index contributed by atoms with van der Waals surface area (Å²) < 4.78 is 0. The zero-order valence-electron chi connectivity index (χ0n) is 8.74. The van der Waals surface area contributed by atoms with Crippen LogP contribution in [0.4, 0.5) is 5.82 Å². The molecule has 0 spiro atoms. The number of rotatable bonds is 2. The Balaban J connectivity index is 2.22. The lowest BCUT2D eigenvalue weighted by molar-refractivity contribution is 0.571. The summed E-state index contributed by atoms with van der Waals surface area (Å²) in [4.78, 5) is 10.9. The average Bonchev–Trinajstić information content (AvgIpc) is 2.29. The van der Waals surface area contributed by atoms with Crippen molar-refractivity contribution in [1.29, 1.82) is 0 Å². The number of anilines is 1. The van der Waals surface area contributed by atoms with Gasteiger partial charge < -0.3 is 4.90 Å². The third-order valence-electron chi connectivity index (χ3n) is 2.52. The van der Waals surface area contributed by atoms with E-state index in [9.17, 15) is 0 Å². The maximum absolute atomic E-state index is 5.96. The van der Waals surface area contributed by atoms with Crippen LogP contribution in [0.15, 0.2) is 11.2 Å². The summed E-state index contributed by atoms with van der Waals surface area (Å²) in [6.45, 7) is 2.17. The maximum Gasteiger partial charge on any atom is 0.190 e. The van der Waals surface area contributed by atoms with E-state index >= 15 is 0 Å². The molecule has 0 N–H and O–H groups in total. The molecule has 0 bridgehead atoms. The molecule has 2 heterocycles. The lowest BCUT2D eigenvalue weighted by Gasteiger charge is -2.27. The Bertz CT molecular complexity index is 339. The highest BCUT2D eigenvalue weighted by molar-refractivity contribution is 7.98. The first kappa shape index (κ1) is 11.0. The molecule has 0 aliphatic carbocycles. The molecule has 1 aliphatic heterocycles. The molecule has 0 aromatic carbocycles. The Morgan fingerprint density at radius 1 is 1.27 bits per heavy atom. The summed E-state index contributed by atoms with van der Waals surface area (Å²) in [7, 11) is 0. The predicted molar refractivity (Wildman–Crippen MR) is 64.9 cm³/mol. The van der Waals surface area contributed by atoms with Crippen LogP contribution in [0.5, 0.6) is 0 Å². The van der Waals surface area contributed by atoms with Crippen LogP contribution < -0.4 is 4.90 Å². The number of thioether (sulfide) groups is 1. The van der Waals surface area contributed by atoms with Crippen LogP contribution >= 0.6 is 23.4 Å². The molecule has 0 saturated carbocycles. The van der Waals surface area contributed by atoms with Crippen molar-refractivity contribution in [2.45, 2.75) is 24.4 Å². The molecule has 2 rings (SSSR count). The van der Waals surface area contributed by atoms with Crippen molar-refractivity contribution in [3.8, 4) is 0 Å². The topological polar surface area (TPSA) is 29.0 Å². The van der Waals surface area contributed by atoms with Gasteiger partial charge in [0.15, 0.2) is 5.16 Å². The smallest absolute Gasteiger partial charge is 0.190 e. The van der Waals surface area contributed by atoms with Crippen molar-refractivity contribution in [2.75, 3.05) is 24.2 Å². The predicted octanol–water partition coefficient (Wildman–Crippen LogP) is 2.84. The number of halogens is 1. The SMILES string of the molecule is CSc1nc(Cl)cc(N2CCCCC2)n1. The number of nitrogens with zero attached hydrogens (tertiary/aromatic N) is 3.